The van der Waals surface area contributed by atoms with E-state index in [1.165, 1.54) is 17.7 Å². The number of piperidine rings is 1. The van der Waals surface area contributed by atoms with Crippen molar-refractivity contribution in [2.75, 3.05) is 18.4 Å². The Morgan fingerprint density at radius 1 is 1.23 bits per heavy atom. The van der Waals surface area contributed by atoms with Gasteiger partial charge in [0.1, 0.15) is 22.5 Å². The standard InChI is InChI=1S/C23H29N5OS/c1-14-9-11-28(12-10-14)13-18-25-22(19-15(2)16(3)30-23(19)26-18)27-20(21(24)29)17-7-5-4-6-8-17/h4-8,14,20H,9-13H2,1-3H3,(H2,24,29)(H,25,26,27)/t20-/m1/s1. The van der Waals surface area contributed by atoms with E-state index < -0.39 is 11.9 Å². The van der Waals surface area contributed by atoms with Crippen LogP contribution in [0.3, 0.4) is 0 Å². The molecule has 1 aliphatic rings. The molecule has 7 heteroatoms. The number of nitrogens with one attached hydrogen (secondary N) is 1. The Morgan fingerprint density at radius 3 is 2.60 bits per heavy atom. The van der Waals surface area contributed by atoms with Gasteiger partial charge in [-0.25, -0.2) is 9.97 Å². The Morgan fingerprint density at radius 2 is 1.93 bits per heavy atom. The van der Waals surface area contributed by atoms with E-state index in [9.17, 15) is 4.79 Å². The number of thiophene rings is 1. The monoisotopic (exact) mass is 423 g/mol. The van der Waals surface area contributed by atoms with Crippen molar-refractivity contribution in [1.29, 1.82) is 0 Å². The van der Waals surface area contributed by atoms with Crippen LogP contribution in [-0.2, 0) is 11.3 Å². The molecule has 0 spiro atoms. The van der Waals surface area contributed by atoms with Gasteiger partial charge in [-0.3, -0.25) is 9.69 Å². The zero-order valence-electron chi connectivity index (χ0n) is 17.8. The maximum Gasteiger partial charge on any atom is 0.244 e. The third kappa shape index (κ3) is 4.32. The number of benzene rings is 1. The first kappa shape index (κ1) is 20.8. The number of amides is 1. The van der Waals surface area contributed by atoms with Gasteiger partial charge >= 0.3 is 0 Å². The number of nitrogens with two attached hydrogens (primary N) is 1. The van der Waals surface area contributed by atoms with Gasteiger partial charge in [0.15, 0.2) is 0 Å². The van der Waals surface area contributed by atoms with E-state index in [4.69, 9.17) is 15.7 Å². The molecule has 6 nitrogen and oxygen atoms in total. The highest BCUT2D eigenvalue weighted by Gasteiger charge is 2.23. The number of hydrogen-bond acceptors (Lipinski definition) is 6. The number of aromatic nitrogens is 2. The Kier molecular flexibility index (Phi) is 6.01. The molecule has 1 aromatic carbocycles. The third-order valence-corrected chi connectivity index (χ3v) is 7.12. The number of carbonyl (C=O) groups excluding carboxylic acids is 1. The number of fused-ring (bicyclic) bond motifs is 1. The maximum atomic E-state index is 12.3. The van der Waals surface area contributed by atoms with Gasteiger partial charge in [0.05, 0.1) is 11.9 Å². The van der Waals surface area contributed by atoms with E-state index in [0.717, 1.165) is 52.7 Å². The van der Waals surface area contributed by atoms with E-state index in [1.807, 2.05) is 30.3 Å². The lowest BCUT2D eigenvalue weighted by Crippen LogP contribution is -2.33. The zero-order chi connectivity index (χ0) is 21.3. The summed E-state index contributed by atoms with van der Waals surface area (Å²) in [6.45, 7) is 9.35. The smallest absolute Gasteiger partial charge is 0.244 e. The molecule has 2 aromatic heterocycles. The fourth-order valence-electron chi connectivity index (χ4n) is 3.99. The average molecular weight is 424 g/mol. The van der Waals surface area contributed by atoms with Crippen molar-refractivity contribution in [2.24, 2.45) is 11.7 Å². The Bertz CT molecular complexity index is 1040. The van der Waals surface area contributed by atoms with E-state index >= 15 is 0 Å². The highest BCUT2D eigenvalue weighted by atomic mass is 32.1. The first-order valence-electron chi connectivity index (χ1n) is 10.5. The predicted octanol–water partition coefficient (Wildman–Crippen LogP) is 4.18. The van der Waals surface area contributed by atoms with Crippen LogP contribution in [0.2, 0.25) is 0 Å². The van der Waals surface area contributed by atoms with Crippen molar-refractivity contribution in [3.05, 3.63) is 52.2 Å². The van der Waals surface area contributed by atoms with Gasteiger partial charge in [0.2, 0.25) is 5.91 Å². The van der Waals surface area contributed by atoms with E-state index in [2.05, 4.69) is 31.0 Å². The molecular formula is C23H29N5OS. The quantitative estimate of drug-likeness (QED) is 0.621. The van der Waals surface area contributed by atoms with Crippen LogP contribution in [0.15, 0.2) is 30.3 Å². The predicted molar refractivity (Wildman–Crippen MR) is 123 cm³/mol. The number of rotatable bonds is 6. The molecule has 0 radical (unpaired) electrons. The second kappa shape index (κ2) is 8.70. The first-order chi connectivity index (χ1) is 14.4. The second-order valence-corrected chi connectivity index (χ2v) is 9.50. The van der Waals surface area contributed by atoms with Crippen molar-refractivity contribution in [3.8, 4) is 0 Å². The lowest BCUT2D eigenvalue weighted by Gasteiger charge is -2.29. The van der Waals surface area contributed by atoms with Crippen LogP contribution in [0.25, 0.3) is 10.2 Å². The highest BCUT2D eigenvalue weighted by molar-refractivity contribution is 7.18. The molecule has 0 bridgehead atoms. The molecule has 4 rings (SSSR count). The van der Waals surface area contributed by atoms with Crippen LogP contribution in [0.4, 0.5) is 5.82 Å². The molecule has 0 unspecified atom stereocenters. The van der Waals surface area contributed by atoms with E-state index in [0.29, 0.717) is 5.82 Å². The molecule has 30 heavy (non-hydrogen) atoms. The molecule has 0 saturated carbocycles. The van der Waals surface area contributed by atoms with Crippen molar-refractivity contribution in [1.82, 2.24) is 14.9 Å². The summed E-state index contributed by atoms with van der Waals surface area (Å²) in [5.41, 5.74) is 7.73. The van der Waals surface area contributed by atoms with E-state index in [-0.39, 0.29) is 0 Å². The van der Waals surface area contributed by atoms with Gasteiger partial charge in [-0.05, 0) is 56.8 Å². The molecule has 3 aromatic rings. The minimum Gasteiger partial charge on any atom is -0.368 e. The summed E-state index contributed by atoms with van der Waals surface area (Å²) in [5.74, 6) is 1.84. The number of primary amides is 1. The molecule has 1 atom stereocenters. The number of nitrogens with zero attached hydrogens (tertiary/aromatic N) is 3. The first-order valence-corrected chi connectivity index (χ1v) is 11.3. The lowest BCUT2D eigenvalue weighted by molar-refractivity contribution is -0.118. The van der Waals surface area contributed by atoms with Gasteiger partial charge in [0.25, 0.3) is 0 Å². The molecule has 1 saturated heterocycles. The van der Waals surface area contributed by atoms with Crippen LogP contribution in [0, 0.1) is 19.8 Å². The number of anilines is 1. The SMILES string of the molecule is Cc1sc2nc(CN3CCC(C)CC3)nc(N[C@@H](C(N)=O)c3ccccc3)c2c1C. The van der Waals surface area contributed by atoms with Gasteiger partial charge in [-0.1, -0.05) is 37.3 Å². The third-order valence-electron chi connectivity index (χ3n) is 6.01. The second-order valence-electron chi connectivity index (χ2n) is 8.30. The molecular weight excluding hydrogens is 394 g/mol. The molecule has 1 amide bonds. The maximum absolute atomic E-state index is 12.3. The highest BCUT2D eigenvalue weighted by Crippen LogP contribution is 2.35. The Balaban J connectivity index is 1.70. The van der Waals surface area contributed by atoms with Gasteiger partial charge in [-0.15, -0.1) is 11.3 Å². The van der Waals surface area contributed by atoms with E-state index in [1.54, 1.807) is 11.3 Å². The average Bonchev–Trinajstić information content (AvgIpc) is 3.02. The lowest BCUT2D eigenvalue weighted by atomic mass is 9.99. The molecule has 0 aliphatic carbocycles. The number of likely N-dealkylation sites (tertiary alicyclic amines) is 1. The van der Waals surface area contributed by atoms with Gasteiger partial charge in [-0.2, -0.15) is 0 Å². The van der Waals surface area contributed by atoms with Crippen LogP contribution in [-0.4, -0.2) is 33.9 Å². The molecule has 1 fully saturated rings. The summed E-state index contributed by atoms with van der Waals surface area (Å²) in [5, 5.41) is 4.32. The van der Waals surface area contributed by atoms with Crippen molar-refractivity contribution >= 4 is 33.3 Å². The minimum absolute atomic E-state index is 0.427. The van der Waals surface area contributed by atoms with Crippen molar-refractivity contribution in [2.45, 2.75) is 46.2 Å². The summed E-state index contributed by atoms with van der Waals surface area (Å²) in [4.78, 5) is 26.6. The Labute approximate surface area is 181 Å². The summed E-state index contributed by atoms with van der Waals surface area (Å²) in [6, 6.07) is 8.91. The summed E-state index contributed by atoms with van der Waals surface area (Å²) >= 11 is 1.67. The normalized spacial score (nSPS) is 16.6. The molecule has 3 heterocycles. The van der Waals surface area contributed by atoms with Crippen LogP contribution >= 0.6 is 11.3 Å². The topological polar surface area (TPSA) is 84.1 Å². The summed E-state index contributed by atoms with van der Waals surface area (Å²) in [6.07, 6.45) is 2.42. The number of aryl methyl sites for hydroxylation is 2. The van der Waals surface area contributed by atoms with Crippen molar-refractivity contribution < 1.29 is 4.79 Å². The van der Waals surface area contributed by atoms with Gasteiger partial charge < -0.3 is 11.1 Å². The van der Waals surface area contributed by atoms with Crippen LogP contribution < -0.4 is 11.1 Å². The molecule has 158 valence electrons. The summed E-state index contributed by atoms with van der Waals surface area (Å²) < 4.78 is 0. The molecule has 3 N–H and O–H groups in total. The van der Waals surface area contributed by atoms with Crippen molar-refractivity contribution in [3.63, 3.8) is 0 Å². The Hall–Kier alpha value is -2.51. The largest absolute Gasteiger partial charge is 0.368 e. The molecule has 1 aliphatic heterocycles. The van der Waals surface area contributed by atoms with Crippen LogP contribution in [0.5, 0.6) is 0 Å². The number of hydrogen-bond donors (Lipinski definition) is 2. The zero-order valence-corrected chi connectivity index (χ0v) is 18.6. The van der Waals surface area contributed by atoms with Gasteiger partial charge in [0, 0.05) is 4.88 Å². The summed E-state index contributed by atoms with van der Waals surface area (Å²) in [7, 11) is 0. The fraction of sp³-hybridized carbons (Fsp3) is 0.435. The number of carbonyl (C=O) groups is 1. The fourth-order valence-corrected chi connectivity index (χ4v) is 5.04. The minimum atomic E-state index is -0.646. The van der Waals surface area contributed by atoms with Crippen LogP contribution in [0.1, 0.15) is 47.6 Å².